The summed E-state index contributed by atoms with van der Waals surface area (Å²) in [5, 5.41) is 3.04. The van der Waals surface area contributed by atoms with Crippen molar-refractivity contribution in [1.29, 1.82) is 0 Å². The van der Waals surface area contributed by atoms with Crippen molar-refractivity contribution in [3.05, 3.63) is 54.1 Å². The van der Waals surface area contributed by atoms with Crippen molar-refractivity contribution in [2.75, 3.05) is 34.4 Å². The van der Waals surface area contributed by atoms with Gasteiger partial charge in [0.25, 0.3) is 0 Å². The molecule has 0 saturated carbocycles. The Morgan fingerprint density at radius 3 is 2.34 bits per heavy atom. The summed E-state index contributed by atoms with van der Waals surface area (Å²) >= 11 is 0. The van der Waals surface area contributed by atoms with Gasteiger partial charge < -0.3 is 19.7 Å². The maximum absolute atomic E-state index is 13.1. The Morgan fingerprint density at radius 1 is 1.06 bits per heavy atom. The lowest BCUT2D eigenvalue weighted by Crippen LogP contribution is -2.52. The summed E-state index contributed by atoms with van der Waals surface area (Å²) in [6.45, 7) is 1.79. The highest BCUT2D eigenvalue weighted by Crippen LogP contribution is 2.29. The summed E-state index contributed by atoms with van der Waals surface area (Å²) < 4.78 is 39.3. The van der Waals surface area contributed by atoms with Gasteiger partial charge in [0.15, 0.2) is 11.5 Å². The molecule has 1 saturated heterocycles. The second-order valence-corrected chi connectivity index (χ2v) is 9.68. The Balaban J connectivity index is 1.81. The fourth-order valence-electron chi connectivity index (χ4n) is 3.73. The Labute approximate surface area is 190 Å². The number of nitrogens with one attached hydrogen (secondary N) is 2. The van der Waals surface area contributed by atoms with E-state index in [1.54, 1.807) is 0 Å². The summed E-state index contributed by atoms with van der Waals surface area (Å²) in [4.78, 5) is 15.3. The average molecular weight is 462 g/mol. The van der Waals surface area contributed by atoms with Gasteiger partial charge in [-0.25, -0.2) is 8.42 Å². The van der Waals surface area contributed by atoms with Gasteiger partial charge in [0, 0.05) is 12.1 Å². The first-order valence-electron chi connectivity index (χ1n) is 10.6. The maximum Gasteiger partial charge on any atom is 0.241 e. The second kappa shape index (κ2) is 10.8. The van der Waals surface area contributed by atoms with E-state index in [0.717, 1.165) is 31.5 Å². The quantitative estimate of drug-likeness (QED) is 0.591. The molecule has 0 aliphatic carbocycles. The highest BCUT2D eigenvalue weighted by molar-refractivity contribution is 7.89. The first-order valence-corrected chi connectivity index (χ1v) is 12.1. The van der Waals surface area contributed by atoms with Crippen LogP contribution in [0.1, 0.15) is 18.4 Å². The number of amides is 1. The molecule has 0 bridgehead atoms. The van der Waals surface area contributed by atoms with E-state index in [9.17, 15) is 13.2 Å². The number of carbonyl (C=O) groups is 1. The molecule has 8 nitrogen and oxygen atoms in total. The molecule has 32 heavy (non-hydrogen) atoms. The number of benzene rings is 2. The van der Waals surface area contributed by atoms with Crippen molar-refractivity contribution < 1.29 is 22.7 Å². The van der Waals surface area contributed by atoms with Gasteiger partial charge in [0.1, 0.15) is 6.04 Å². The normalized spacial score (nSPS) is 16.3. The van der Waals surface area contributed by atoms with Crippen LogP contribution in [0.2, 0.25) is 0 Å². The SMILES string of the molecule is COc1ccc(S(=O)(=O)N[C@H](Cc2ccccc2)C(=O)NC2CCN(C)CC2)cc1OC. The second-order valence-electron chi connectivity index (χ2n) is 7.97. The van der Waals surface area contributed by atoms with Crippen molar-refractivity contribution >= 4 is 15.9 Å². The summed E-state index contributed by atoms with van der Waals surface area (Å²) in [5.41, 5.74) is 0.867. The van der Waals surface area contributed by atoms with E-state index in [2.05, 4.69) is 14.9 Å². The first kappa shape index (κ1) is 24.0. The molecule has 0 unspecified atom stereocenters. The van der Waals surface area contributed by atoms with E-state index >= 15 is 0 Å². The first-order chi connectivity index (χ1) is 15.3. The largest absolute Gasteiger partial charge is 0.493 e. The van der Waals surface area contributed by atoms with Crippen LogP contribution in [0, 0.1) is 0 Å². The lowest BCUT2D eigenvalue weighted by atomic mass is 10.0. The molecule has 1 aliphatic rings. The molecule has 1 heterocycles. The highest BCUT2D eigenvalue weighted by atomic mass is 32.2. The van der Waals surface area contributed by atoms with Crippen LogP contribution in [-0.2, 0) is 21.2 Å². The molecule has 1 aliphatic heterocycles. The van der Waals surface area contributed by atoms with Gasteiger partial charge >= 0.3 is 0 Å². The number of nitrogens with zero attached hydrogens (tertiary/aromatic N) is 1. The van der Waals surface area contributed by atoms with Gasteiger partial charge in [0.2, 0.25) is 15.9 Å². The molecule has 2 aromatic rings. The maximum atomic E-state index is 13.1. The summed E-state index contributed by atoms with van der Waals surface area (Å²) in [6.07, 6.45) is 1.91. The number of piperidine rings is 1. The van der Waals surface area contributed by atoms with Crippen LogP contribution in [0.3, 0.4) is 0 Å². The van der Waals surface area contributed by atoms with Gasteiger partial charge in [-0.3, -0.25) is 4.79 Å². The third kappa shape index (κ3) is 6.21. The van der Waals surface area contributed by atoms with Gasteiger partial charge in [-0.1, -0.05) is 30.3 Å². The van der Waals surface area contributed by atoms with Crippen LogP contribution < -0.4 is 19.5 Å². The van der Waals surface area contributed by atoms with Crippen LogP contribution in [0.25, 0.3) is 0 Å². The third-order valence-electron chi connectivity index (χ3n) is 5.63. The highest BCUT2D eigenvalue weighted by Gasteiger charge is 2.29. The lowest BCUT2D eigenvalue weighted by molar-refractivity contribution is -0.123. The molecule has 3 rings (SSSR count). The van der Waals surface area contributed by atoms with E-state index in [0.29, 0.717) is 11.5 Å². The minimum absolute atomic E-state index is 0.000280. The Kier molecular flexibility index (Phi) is 8.11. The van der Waals surface area contributed by atoms with Crippen molar-refractivity contribution in [2.24, 2.45) is 0 Å². The van der Waals surface area contributed by atoms with E-state index in [1.807, 2.05) is 37.4 Å². The smallest absolute Gasteiger partial charge is 0.241 e. The minimum atomic E-state index is -3.99. The zero-order chi connectivity index (χ0) is 23.1. The van der Waals surface area contributed by atoms with E-state index in [1.165, 1.54) is 32.4 Å². The Hall–Kier alpha value is -2.62. The fraction of sp³-hybridized carbons (Fsp3) is 0.435. The fourth-order valence-corrected chi connectivity index (χ4v) is 4.94. The lowest BCUT2D eigenvalue weighted by Gasteiger charge is -2.30. The van der Waals surface area contributed by atoms with Crippen molar-refractivity contribution in [3.8, 4) is 11.5 Å². The third-order valence-corrected chi connectivity index (χ3v) is 7.10. The number of hydrogen-bond donors (Lipinski definition) is 2. The summed E-state index contributed by atoms with van der Waals surface area (Å²) in [6, 6.07) is 12.8. The molecule has 9 heteroatoms. The van der Waals surface area contributed by atoms with E-state index in [-0.39, 0.29) is 23.3 Å². The van der Waals surface area contributed by atoms with Crippen molar-refractivity contribution in [1.82, 2.24) is 14.9 Å². The van der Waals surface area contributed by atoms with Crippen LogP contribution in [-0.4, -0.2) is 65.7 Å². The topological polar surface area (TPSA) is 97.0 Å². The molecule has 2 N–H and O–H groups in total. The molecule has 1 atom stereocenters. The molecular weight excluding hydrogens is 430 g/mol. The molecule has 0 spiro atoms. The standard InChI is InChI=1S/C23H31N3O5S/c1-26-13-11-18(12-14-26)24-23(27)20(15-17-7-5-4-6-8-17)25-32(28,29)19-9-10-21(30-2)22(16-19)31-3/h4-10,16,18,20,25H,11-15H2,1-3H3,(H,24,27)/t20-/m1/s1. The molecule has 2 aromatic carbocycles. The number of methoxy groups -OCH3 is 2. The number of carbonyl (C=O) groups excluding carboxylic acids is 1. The van der Waals surface area contributed by atoms with Gasteiger partial charge in [-0.2, -0.15) is 4.72 Å². The van der Waals surface area contributed by atoms with Crippen molar-refractivity contribution in [3.63, 3.8) is 0 Å². The van der Waals surface area contributed by atoms with Crippen LogP contribution in [0.5, 0.6) is 11.5 Å². The summed E-state index contributed by atoms with van der Waals surface area (Å²) in [5.74, 6) is 0.394. The van der Waals surface area contributed by atoms with Gasteiger partial charge in [-0.15, -0.1) is 0 Å². The van der Waals surface area contributed by atoms with Crippen LogP contribution in [0.15, 0.2) is 53.4 Å². The number of ether oxygens (including phenoxy) is 2. The minimum Gasteiger partial charge on any atom is -0.493 e. The number of hydrogen-bond acceptors (Lipinski definition) is 6. The average Bonchev–Trinajstić information content (AvgIpc) is 2.80. The molecule has 0 aromatic heterocycles. The zero-order valence-electron chi connectivity index (χ0n) is 18.7. The predicted octanol–water partition coefficient (Wildman–Crippen LogP) is 1.80. The molecule has 0 radical (unpaired) electrons. The number of sulfonamides is 1. The van der Waals surface area contributed by atoms with Crippen LogP contribution >= 0.6 is 0 Å². The molecule has 174 valence electrons. The van der Waals surface area contributed by atoms with Gasteiger partial charge in [-0.05, 0) is 57.1 Å². The van der Waals surface area contributed by atoms with Crippen LogP contribution in [0.4, 0.5) is 0 Å². The van der Waals surface area contributed by atoms with E-state index in [4.69, 9.17) is 9.47 Å². The zero-order valence-corrected chi connectivity index (χ0v) is 19.5. The van der Waals surface area contributed by atoms with E-state index < -0.39 is 16.1 Å². The Morgan fingerprint density at radius 2 is 1.72 bits per heavy atom. The number of likely N-dealkylation sites (tertiary alicyclic amines) is 1. The predicted molar refractivity (Wildman–Crippen MR) is 122 cm³/mol. The van der Waals surface area contributed by atoms with Gasteiger partial charge in [0.05, 0.1) is 19.1 Å². The molecular formula is C23H31N3O5S. The van der Waals surface area contributed by atoms with Crippen molar-refractivity contribution in [2.45, 2.75) is 36.2 Å². The number of rotatable bonds is 9. The molecule has 1 fully saturated rings. The summed E-state index contributed by atoms with van der Waals surface area (Å²) in [7, 11) is 0.982. The Bertz CT molecular complexity index is 1010. The monoisotopic (exact) mass is 461 g/mol. The molecule has 1 amide bonds.